The minimum atomic E-state index is -0.0797. The molecule has 0 aliphatic heterocycles. The fourth-order valence-corrected chi connectivity index (χ4v) is 0.753. The van der Waals surface area contributed by atoms with Crippen molar-refractivity contribution in [2.24, 2.45) is 0 Å². The van der Waals surface area contributed by atoms with Crippen LogP contribution in [-0.4, -0.2) is 21.2 Å². The van der Waals surface area contributed by atoms with E-state index in [1.54, 1.807) is 0 Å². The Balaban J connectivity index is 2.81. The smallest absolute Gasteiger partial charge is 0.243 e. The summed E-state index contributed by atoms with van der Waals surface area (Å²) in [4.78, 5) is 4.18. The molecule has 0 aliphatic carbocycles. The average molecular weight is 176 g/mol. The third-order valence-corrected chi connectivity index (χ3v) is 1.69. The number of nitrogens with one attached hydrogen (secondary N) is 1. The van der Waals surface area contributed by atoms with Gasteiger partial charge in [-0.2, -0.15) is 5.10 Å². The van der Waals surface area contributed by atoms with Crippen molar-refractivity contribution in [2.75, 3.05) is 5.32 Å². The number of anilines is 1. The van der Waals surface area contributed by atoms with E-state index in [4.69, 9.17) is 6.42 Å². The predicted octanol–water partition coefficient (Wildman–Crippen LogP) is 0.922. The topological polar surface area (TPSA) is 50.7 Å². The lowest BCUT2D eigenvalue weighted by atomic mass is 10.3. The van der Waals surface area contributed by atoms with Gasteiger partial charge in [-0.05, 0) is 20.8 Å². The number of hydrogen-bond acceptors (Lipinski definition) is 4. The number of nitrogens with zero attached hydrogens (tertiary/aromatic N) is 3. The van der Waals surface area contributed by atoms with E-state index in [1.165, 1.54) is 0 Å². The Bertz CT molecular complexity index is 340. The molecule has 1 unspecified atom stereocenters. The zero-order valence-electron chi connectivity index (χ0n) is 8.00. The van der Waals surface area contributed by atoms with E-state index in [2.05, 4.69) is 26.4 Å². The molecule has 1 rings (SSSR count). The van der Waals surface area contributed by atoms with Gasteiger partial charge in [0.25, 0.3) is 0 Å². The van der Waals surface area contributed by atoms with E-state index in [-0.39, 0.29) is 6.04 Å². The first-order valence-electron chi connectivity index (χ1n) is 4.04. The van der Waals surface area contributed by atoms with Gasteiger partial charge in [0, 0.05) is 0 Å². The van der Waals surface area contributed by atoms with Crippen molar-refractivity contribution in [1.29, 1.82) is 0 Å². The zero-order chi connectivity index (χ0) is 9.84. The van der Waals surface area contributed by atoms with Crippen LogP contribution < -0.4 is 5.32 Å². The van der Waals surface area contributed by atoms with Crippen molar-refractivity contribution in [3.8, 4) is 12.3 Å². The Morgan fingerprint density at radius 2 is 2.00 bits per heavy atom. The lowest BCUT2D eigenvalue weighted by Gasteiger charge is -2.07. The first-order chi connectivity index (χ1) is 6.13. The fourth-order valence-electron chi connectivity index (χ4n) is 0.753. The van der Waals surface area contributed by atoms with Crippen LogP contribution in [0.3, 0.4) is 0 Å². The molecule has 0 bridgehead atoms. The summed E-state index contributed by atoms with van der Waals surface area (Å²) in [6, 6.07) is -0.0797. The molecule has 1 atom stereocenters. The van der Waals surface area contributed by atoms with E-state index < -0.39 is 0 Å². The van der Waals surface area contributed by atoms with Crippen LogP contribution in [0.25, 0.3) is 0 Å². The normalized spacial score (nSPS) is 11.8. The molecule has 0 radical (unpaired) electrons. The predicted molar refractivity (Wildman–Crippen MR) is 51.2 cm³/mol. The van der Waals surface area contributed by atoms with Gasteiger partial charge in [0.15, 0.2) is 0 Å². The maximum absolute atomic E-state index is 5.20. The van der Waals surface area contributed by atoms with E-state index in [1.807, 2.05) is 20.8 Å². The molecule has 0 aliphatic rings. The summed E-state index contributed by atoms with van der Waals surface area (Å²) in [5.74, 6) is 3.01. The van der Waals surface area contributed by atoms with Crippen molar-refractivity contribution in [3.63, 3.8) is 0 Å². The number of aryl methyl sites for hydroxylation is 2. The summed E-state index contributed by atoms with van der Waals surface area (Å²) in [6.45, 7) is 5.61. The van der Waals surface area contributed by atoms with Gasteiger partial charge in [-0.1, -0.05) is 5.92 Å². The van der Waals surface area contributed by atoms with Gasteiger partial charge < -0.3 is 5.32 Å². The van der Waals surface area contributed by atoms with E-state index in [0.717, 1.165) is 11.4 Å². The van der Waals surface area contributed by atoms with Gasteiger partial charge >= 0.3 is 0 Å². The van der Waals surface area contributed by atoms with Crippen molar-refractivity contribution >= 4 is 5.95 Å². The minimum Gasteiger partial charge on any atom is -0.340 e. The Kier molecular flexibility index (Phi) is 2.80. The maximum atomic E-state index is 5.20. The van der Waals surface area contributed by atoms with Crippen molar-refractivity contribution in [3.05, 3.63) is 11.4 Å². The quantitative estimate of drug-likeness (QED) is 0.681. The summed E-state index contributed by atoms with van der Waals surface area (Å²) in [6.07, 6.45) is 5.20. The summed E-state index contributed by atoms with van der Waals surface area (Å²) in [5.41, 5.74) is 1.70. The molecule has 1 N–H and O–H groups in total. The first kappa shape index (κ1) is 9.46. The van der Waals surface area contributed by atoms with Crippen molar-refractivity contribution in [1.82, 2.24) is 15.2 Å². The number of aromatic nitrogens is 3. The van der Waals surface area contributed by atoms with Gasteiger partial charge in [0.2, 0.25) is 5.95 Å². The summed E-state index contributed by atoms with van der Waals surface area (Å²) >= 11 is 0. The molecule has 0 amide bonds. The average Bonchev–Trinajstić information content (AvgIpc) is 2.11. The molecule has 4 nitrogen and oxygen atoms in total. The van der Waals surface area contributed by atoms with Gasteiger partial charge in [-0.15, -0.1) is 11.5 Å². The molecular formula is C9H12N4. The minimum absolute atomic E-state index is 0.0797. The monoisotopic (exact) mass is 176 g/mol. The largest absolute Gasteiger partial charge is 0.340 e. The highest BCUT2D eigenvalue weighted by Gasteiger charge is 2.02. The Morgan fingerprint density at radius 1 is 1.31 bits per heavy atom. The van der Waals surface area contributed by atoms with Crippen LogP contribution in [0.4, 0.5) is 5.95 Å². The highest BCUT2D eigenvalue weighted by atomic mass is 15.2. The van der Waals surface area contributed by atoms with Gasteiger partial charge in [-0.3, -0.25) is 0 Å². The molecule has 0 aromatic carbocycles. The second-order valence-electron chi connectivity index (χ2n) is 2.84. The molecule has 0 spiro atoms. The molecule has 4 heteroatoms. The standard InChI is InChI=1S/C9H12N4/c1-5-6(2)10-9-11-7(3)8(4)12-13-9/h1,6H,2-4H3,(H,10,11,13). The zero-order valence-corrected chi connectivity index (χ0v) is 8.00. The second-order valence-corrected chi connectivity index (χ2v) is 2.84. The lowest BCUT2D eigenvalue weighted by molar-refractivity contribution is 0.871. The Morgan fingerprint density at radius 3 is 2.54 bits per heavy atom. The molecular weight excluding hydrogens is 164 g/mol. The molecule has 1 heterocycles. The lowest BCUT2D eigenvalue weighted by Crippen LogP contribution is -2.15. The van der Waals surface area contributed by atoms with Crippen molar-refractivity contribution in [2.45, 2.75) is 26.8 Å². The van der Waals surface area contributed by atoms with Crippen LogP contribution in [-0.2, 0) is 0 Å². The second kappa shape index (κ2) is 3.85. The fraction of sp³-hybridized carbons (Fsp3) is 0.444. The number of rotatable bonds is 2. The van der Waals surface area contributed by atoms with Gasteiger partial charge in [0.1, 0.15) is 0 Å². The SMILES string of the molecule is C#CC(C)Nc1nnc(C)c(C)n1. The van der Waals surface area contributed by atoms with Crippen LogP contribution >= 0.6 is 0 Å². The highest BCUT2D eigenvalue weighted by Crippen LogP contribution is 2.02. The summed E-state index contributed by atoms with van der Waals surface area (Å²) < 4.78 is 0. The van der Waals surface area contributed by atoms with E-state index >= 15 is 0 Å². The first-order valence-corrected chi connectivity index (χ1v) is 4.04. The molecule has 13 heavy (non-hydrogen) atoms. The Labute approximate surface area is 77.8 Å². The van der Waals surface area contributed by atoms with Crippen LogP contribution in [0, 0.1) is 26.2 Å². The summed E-state index contributed by atoms with van der Waals surface area (Å²) in [5, 5.41) is 10.7. The number of terminal acetylenes is 1. The van der Waals surface area contributed by atoms with Crippen LogP contribution in [0.1, 0.15) is 18.3 Å². The molecule has 68 valence electrons. The third-order valence-electron chi connectivity index (χ3n) is 1.69. The molecule has 0 fully saturated rings. The highest BCUT2D eigenvalue weighted by molar-refractivity contribution is 5.29. The van der Waals surface area contributed by atoms with Gasteiger partial charge in [0.05, 0.1) is 17.4 Å². The summed E-state index contributed by atoms with van der Waals surface area (Å²) in [7, 11) is 0. The van der Waals surface area contributed by atoms with E-state index in [0.29, 0.717) is 5.95 Å². The number of hydrogen-bond donors (Lipinski definition) is 1. The molecule has 0 saturated heterocycles. The van der Waals surface area contributed by atoms with E-state index in [9.17, 15) is 0 Å². The molecule has 0 saturated carbocycles. The van der Waals surface area contributed by atoms with Gasteiger partial charge in [-0.25, -0.2) is 4.98 Å². The maximum Gasteiger partial charge on any atom is 0.243 e. The van der Waals surface area contributed by atoms with Crippen molar-refractivity contribution < 1.29 is 0 Å². The Hall–Kier alpha value is -1.63. The van der Waals surface area contributed by atoms with Crippen LogP contribution in [0.5, 0.6) is 0 Å². The van der Waals surface area contributed by atoms with Crippen LogP contribution in [0.2, 0.25) is 0 Å². The third kappa shape index (κ3) is 2.41. The van der Waals surface area contributed by atoms with Crippen LogP contribution in [0.15, 0.2) is 0 Å². The molecule has 1 aromatic rings. The molecule has 1 aromatic heterocycles.